The zero-order chi connectivity index (χ0) is 20.6. The standard InChI is InChI=1S/C21H22N2O6/c1-14(21(26)23-11-16-7-8-17-18(9-16)28-13-27-17)29-20(25)12-22-19(24)10-15-5-3-2-4-6-15/h2-9,14H,10-13H2,1H3,(H,22,24)(H,23,26)/t14-/m1/s1. The number of benzene rings is 2. The number of amides is 2. The topological polar surface area (TPSA) is 103 Å². The van der Waals surface area contributed by atoms with Crippen LogP contribution >= 0.6 is 0 Å². The van der Waals surface area contributed by atoms with Gasteiger partial charge in [-0.05, 0) is 30.2 Å². The van der Waals surface area contributed by atoms with Crippen molar-refractivity contribution >= 4 is 17.8 Å². The predicted octanol–water partition coefficient (Wildman–Crippen LogP) is 1.32. The first-order valence-electron chi connectivity index (χ1n) is 9.17. The highest BCUT2D eigenvalue weighted by Gasteiger charge is 2.19. The van der Waals surface area contributed by atoms with Crippen LogP contribution in [0.5, 0.6) is 11.5 Å². The summed E-state index contributed by atoms with van der Waals surface area (Å²) in [5.41, 5.74) is 1.67. The summed E-state index contributed by atoms with van der Waals surface area (Å²) in [5.74, 6) is -0.129. The number of ether oxygens (including phenoxy) is 3. The van der Waals surface area contributed by atoms with Crippen molar-refractivity contribution in [3.05, 3.63) is 59.7 Å². The van der Waals surface area contributed by atoms with Crippen molar-refractivity contribution in [1.29, 1.82) is 0 Å². The second-order valence-corrected chi connectivity index (χ2v) is 6.48. The molecule has 152 valence electrons. The first-order chi connectivity index (χ1) is 14.0. The summed E-state index contributed by atoms with van der Waals surface area (Å²) in [6, 6.07) is 14.5. The fourth-order valence-corrected chi connectivity index (χ4v) is 2.69. The fraction of sp³-hybridized carbons (Fsp3) is 0.286. The van der Waals surface area contributed by atoms with Gasteiger partial charge in [0.2, 0.25) is 12.7 Å². The second-order valence-electron chi connectivity index (χ2n) is 6.48. The third-order valence-electron chi connectivity index (χ3n) is 4.22. The molecular formula is C21H22N2O6. The lowest BCUT2D eigenvalue weighted by Gasteiger charge is -2.14. The highest BCUT2D eigenvalue weighted by Crippen LogP contribution is 2.32. The highest BCUT2D eigenvalue weighted by atomic mass is 16.7. The van der Waals surface area contributed by atoms with Crippen LogP contribution in [-0.2, 0) is 32.1 Å². The van der Waals surface area contributed by atoms with Crippen molar-refractivity contribution in [1.82, 2.24) is 10.6 Å². The Morgan fingerprint density at radius 2 is 1.76 bits per heavy atom. The number of carbonyl (C=O) groups excluding carboxylic acids is 3. The molecule has 1 heterocycles. The average molecular weight is 398 g/mol. The van der Waals surface area contributed by atoms with Gasteiger partial charge >= 0.3 is 5.97 Å². The fourth-order valence-electron chi connectivity index (χ4n) is 2.69. The molecule has 0 radical (unpaired) electrons. The van der Waals surface area contributed by atoms with Crippen molar-refractivity contribution in [2.45, 2.75) is 26.0 Å². The molecule has 8 nitrogen and oxygen atoms in total. The third-order valence-corrected chi connectivity index (χ3v) is 4.22. The number of rotatable bonds is 8. The summed E-state index contributed by atoms with van der Waals surface area (Å²) in [4.78, 5) is 35.9. The molecule has 0 aliphatic carbocycles. The molecule has 0 saturated carbocycles. The lowest BCUT2D eigenvalue weighted by atomic mass is 10.1. The summed E-state index contributed by atoms with van der Waals surface area (Å²) in [7, 11) is 0. The van der Waals surface area contributed by atoms with Gasteiger partial charge in [-0.1, -0.05) is 36.4 Å². The zero-order valence-corrected chi connectivity index (χ0v) is 16.0. The smallest absolute Gasteiger partial charge is 0.326 e. The number of nitrogens with one attached hydrogen (secondary N) is 2. The van der Waals surface area contributed by atoms with Crippen molar-refractivity contribution in [3.8, 4) is 11.5 Å². The van der Waals surface area contributed by atoms with E-state index in [9.17, 15) is 14.4 Å². The van der Waals surface area contributed by atoms with Gasteiger partial charge in [0.05, 0.1) is 6.42 Å². The van der Waals surface area contributed by atoms with Crippen LogP contribution in [0.4, 0.5) is 0 Å². The van der Waals surface area contributed by atoms with Crippen molar-refractivity contribution in [2.24, 2.45) is 0 Å². The van der Waals surface area contributed by atoms with E-state index in [4.69, 9.17) is 14.2 Å². The van der Waals surface area contributed by atoms with E-state index in [1.807, 2.05) is 36.4 Å². The zero-order valence-electron chi connectivity index (χ0n) is 16.0. The molecule has 2 aromatic carbocycles. The lowest BCUT2D eigenvalue weighted by molar-refractivity contribution is -0.154. The number of esters is 1. The molecule has 0 bridgehead atoms. The maximum atomic E-state index is 12.1. The van der Waals surface area contributed by atoms with Crippen LogP contribution < -0.4 is 20.1 Å². The van der Waals surface area contributed by atoms with Gasteiger partial charge in [-0.2, -0.15) is 0 Å². The Kier molecular flexibility index (Phi) is 6.67. The van der Waals surface area contributed by atoms with E-state index >= 15 is 0 Å². The quantitative estimate of drug-likeness (QED) is 0.650. The predicted molar refractivity (Wildman–Crippen MR) is 103 cm³/mol. The molecule has 2 amide bonds. The largest absolute Gasteiger partial charge is 0.454 e. The molecule has 29 heavy (non-hydrogen) atoms. The van der Waals surface area contributed by atoms with Gasteiger partial charge < -0.3 is 24.8 Å². The molecule has 0 unspecified atom stereocenters. The molecule has 2 aromatic rings. The minimum absolute atomic E-state index is 0.166. The van der Waals surface area contributed by atoms with E-state index in [-0.39, 0.29) is 32.2 Å². The summed E-state index contributed by atoms with van der Waals surface area (Å²) >= 11 is 0. The van der Waals surface area contributed by atoms with E-state index in [2.05, 4.69) is 10.6 Å². The molecule has 0 aromatic heterocycles. The maximum Gasteiger partial charge on any atom is 0.326 e. The number of carbonyl (C=O) groups is 3. The van der Waals surface area contributed by atoms with Crippen molar-refractivity contribution in [2.75, 3.05) is 13.3 Å². The van der Waals surface area contributed by atoms with Crippen molar-refractivity contribution in [3.63, 3.8) is 0 Å². The average Bonchev–Trinajstić information content (AvgIpc) is 3.19. The van der Waals surface area contributed by atoms with Crippen LogP contribution in [0.2, 0.25) is 0 Å². The minimum Gasteiger partial charge on any atom is -0.454 e. The Morgan fingerprint density at radius 3 is 2.55 bits per heavy atom. The summed E-state index contributed by atoms with van der Waals surface area (Å²) in [5, 5.41) is 5.18. The van der Waals surface area contributed by atoms with Gasteiger partial charge in [0.1, 0.15) is 6.54 Å². The monoisotopic (exact) mass is 398 g/mol. The van der Waals surface area contributed by atoms with Gasteiger partial charge in [-0.3, -0.25) is 14.4 Å². The van der Waals surface area contributed by atoms with Crippen LogP contribution in [0.1, 0.15) is 18.1 Å². The first kappa shape index (κ1) is 20.2. The van der Waals surface area contributed by atoms with Crippen LogP contribution in [0.3, 0.4) is 0 Å². The molecule has 8 heteroatoms. The van der Waals surface area contributed by atoms with Crippen LogP contribution in [0, 0.1) is 0 Å². The Balaban J connectivity index is 1.37. The number of hydrogen-bond acceptors (Lipinski definition) is 6. The molecule has 0 fully saturated rings. The van der Waals surface area contributed by atoms with Crippen LogP contribution in [0.15, 0.2) is 48.5 Å². The molecule has 1 aliphatic heterocycles. The van der Waals surface area contributed by atoms with E-state index in [1.54, 1.807) is 12.1 Å². The van der Waals surface area contributed by atoms with Gasteiger partial charge in [-0.15, -0.1) is 0 Å². The van der Waals surface area contributed by atoms with Gasteiger partial charge in [-0.25, -0.2) is 0 Å². The summed E-state index contributed by atoms with van der Waals surface area (Å²) in [6.07, 6.45) is -0.817. The van der Waals surface area contributed by atoms with E-state index in [1.165, 1.54) is 6.92 Å². The number of fused-ring (bicyclic) bond motifs is 1. The van der Waals surface area contributed by atoms with Crippen LogP contribution in [-0.4, -0.2) is 37.2 Å². The molecule has 3 rings (SSSR count). The van der Waals surface area contributed by atoms with Gasteiger partial charge in [0.15, 0.2) is 17.6 Å². The number of hydrogen-bond donors (Lipinski definition) is 2. The minimum atomic E-state index is -0.984. The lowest BCUT2D eigenvalue weighted by Crippen LogP contribution is -2.38. The molecule has 1 aliphatic rings. The molecule has 2 N–H and O–H groups in total. The normalized spacial score (nSPS) is 12.7. The van der Waals surface area contributed by atoms with E-state index < -0.39 is 18.0 Å². The van der Waals surface area contributed by atoms with E-state index in [0.29, 0.717) is 11.5 Å². The highest BCUT2D eigenvalue weighted by molar-refractivity contribution is 5.86. The van der Waals surface area contributed by atoms with Gasteiger partial charge in [0.25, 0.3) is 5.91 Å². The Labute approximate surface area is 168 Å². The Bertz CT molecular complexity index is 884. The first-order valence-corrected chi connectivity index (χ1v) is 9.17. The molecule has 1 atom stereocenters. The second kappa shape index (κ2) is 9.59. The van der Waals surface area contributed by atoms with E-state index in [0.717, 1.165) is 11.1 Å². The molecule has 0 spiro atoms. The van der Waals surface area contributed by atoms with Gasteiger partial charge in [0, 0.05) is 6.54 Å². The SMILES string of the molecule is C[C@@H](OC(=O)CNC(=O)Cc1ccccc1)C(=O)NCc1ccc2c(c1)OCO2. The van der Waals surface area contributed by atoms with Crippen molar-refractivity contribution < 1.29 is 28.6 Å². The molecular weight excluding hydrogens is 376 g/mol. The summed E-state index contributed by atoms with van der Waals surface area (Å²) in [6.45, 7) is 1.61. The summed E-state index contributed by atoms with van der Waals surface area (Å²) < 4.78 is 15.6. The van der Waals surface area contributed by atoms with Crippen LogP contribution in [0.25, 0.3) is 0 Å². The Hall–Kier alpha value is -3.55. The Morgan fingerprint density at radius 1 is 1.00 bits per heavy atom. The maximum absolute atomic E-state index is 12.1. The third kappa shape index (κ3) is 5.97. The molecule has 0 saturated heterocycles.